The second kappa shape index (κ2) is 6.95. The van der Waals surface area contributed by atoms with Crippen LogP contribution in [0.1, 0.15) is 66.2 Å². The molecule has 0 aromatic rings. The summed E-state index contributed by atoms with van der Waals surface area (Å²) >= 11 is 0. The zero-order valence-corrected chi connectivity index (χ0v) is 16.6. The molecule has 2 aliphatic carbocycles. The number of esters is 1. The van der Waals surface area contributed by atoms with Crippen molar-refractivity contribution in [3.05, 3.63) is 23.8 Å². The first-order valence-electron chi connectivity index (χ1n) is 9.83. The lowest BCUT2D eigenvalue weighted by Crippen LogP contribution is -2.51. The molecule has 0 N–H and O–H groups in total. The lowest BCUT2D eigenvalue weighted by atomic mass is 9.49. The van der Waals surface area contributed by atoms with Crippen molar-refractivity contribution in [1.29, 1.82) is 0 Å². The van der Waals surface area contributed by atoms with E-state index in [4.69, 9.17) is 9.47 Å². The molecule has 0 aromatic carbocycles. The van der Waals surface area contributed by atoms with Gasteiger partial charge in [-0.3, -0.25) is 9.59 Å². The number of ketones is 1. The van der Waals surface area contributed by atoms with Crippen LogP contribution >= 0.6 is 0 Å². The van der Waals surface area contributed by atoms with E-state index in [9.17, 15) is 9.59 Å². The third-order valence-corrected chi connectivity index (χ3v) is 6.96. The van der Waals surface area contributed by atoms with Gasteiger partial charge < -0.3 is 9.47 Å². The maximum atomic E-state index is 13.0. The summed E-state index contributed by atoms with van der Waals surface area (Å²) in [6.45, 7) is 12.2. The summed E-state index contributed by atoms with van der Waals surface area (Å²) in [6, 6.07) is 0. The first-order chi connectivity index (χ1) is 12.2. The number of ether oxygens (including phenoxy) is 2. The topological polar surface area (TPSA) is 55.9 Å². The fourth-order valence-electron chi connectivity index (χ4n) is 4.90. The van der Waals surface area contributed by atoms with E-state index in [0.717, 1.165) is 37.7 Å². The Morgan fingerprint density at radius 3 is 2.73 bits per heavy atom. The van der Waals surface area contributed by atoms with Crippen LogP contribution < -0.4 is 0 Å². The number of carbonyl (C=O) groups excluding carboxylic acids is 2. The Morgan fingerprint density at radius 2 is 2.04 bits per heavy atom. The number of hydrogen-bond donors (Lipinski definition) is 0. The Balaban J connectivity index is 1.63. The maximum Gasteiger partial charge on any atom is 0.302 e. The van der Waals surface area contributed by atoms with Crippen molar-refractivity contribution in [2.45, 2.75) is 77.9 Å². The molecule has 0 radical (unpaired) electrons. The molecule has 5 atom stereocenters. The van der Waals surface area contributed by atoms with Gasteiger partial charge in [0.2, 0.25) is 0 Å². The average Bonchev–Trinajstić information content (AvgIpc) is 3.22. The molecule has 4 nitrogen and oxygen atoms in total. The van der Waals surface area contributed by atoms with Gasteiger partial charge in [0, 0.05) is 18.8 Å². The number of epoxide rings is 1. The van der Waals surface area contributed by atoms with Gasteiger partial charge in [0.15, 0.2) is 0 Å². The molecule has 0 aromatic heterocycles. The highest BCUT2D eigenvalue weighted by atomic mass is 16.6. The van der Waals surface area contributed by atoms with Crippen LogP contribution in [-0.4, -0.2) is 30.1 Å². The van der Waals surface area contributed by atoms with E-state index < -0.39 is 0 Å². The number of hydrogen-bond acceptors (Lipinski definition) is 4. The van der Waals surface area contributed by atoms with E-state index in [1.165, 1.54) is 12.5 Å². The van der Waals surface area contributed by atoms with Gasteiger partial charge in [-0.05, 0) is 63.4 Å². The minimum Gasteiger partial charge on any atom is -0.461 e. The van der Waals surface area contributed by atoms with Crippen molar-refractivity contribution >= 4 is 11.8 Å². The Kier molecular flexibility index (Phi) is 5.17. The quantitative estimate of drug-likeness (QED) is 0.415. The summed E-state index contributed by atoms with van der Waals surface area (Å²) in [5.74, 6) is 0.864. The van der Waals surface area contributed by atoms with Crippen LogP contribution in [0.25, 0.3) is 0 Å². The molecular weight excluding hydrogens is 328 g/mol. The predicted molar refractivity (Wildman–Crippen MR) is 101 cm³/mol. The first-order valence-corrected chi connectivity index (χ1v) is 9.83. The molecule has 3 aliphatic rings. The second-order valence-corrected chi connectivity index (χ2v) is 8.95. The van der Waals surface area contributed by atoms with Crippen molar-refractivity contribution in [2.24, 2.45) is 17.3 Å². The van der Waals surface area contributed by atoms with Gasteiger partial charge >= 0.3 is 5.97 Å². The summed E-state index contributed by atoms with van der Waals surface area (Å²) in [6.07, 6.45) is 7.80. The van der Waals surface area contributed by atoms with E-state index in [1.807, 2.05) is 13.0 Å². The third kappa shape index (κ3) is 3.66. The van der Waals surface area contributed by atoms with Crippen molar-refractivity contribution in [1.82, 2.24) is 0 Å². The van der Waals surface area contributed by atoms with Gasteiger partial charge in [0.1, 0.15) is 12.4 Å². The predicted octanol–water partition coefficient (Wildman–Crippen LogP) is 4.39. The minimum atomic E-state index is -0.295. The summed E-state index contributed by atoms with van der Waals surface area (Å²) in [4.78, 5) is 23.9. The van der Waals surface area contributed by atoms with Gasteiger partial charge in [-0.1, -0.05) is 25.2 Å². The number of carbonyl (C=O) groups is 2. The standard InChI is InChI=1S/C22H32O4/c1-14(13-25-16(3)23)6-8-19(24)21(4)12-17-15(2)7-9-20-22(5,26-20)11-10-18(17)21/h6,17-18,20H,2,7-13H2,1,3-5H3. The molecule has 1 aliphatic heterocycles. The van der Waals surface area contributed by atoms with E-state index in [0.29, 0.717) is 30.1 Å². The second-order valence-electron chi connectivity index (χ2n) is 8.95. The fourth-order valence-corrected chi connectivity index (χ4v) is 4.90. The van der Waals surface area contributed by atoms with Gasteiger partial charge in [0.25, 0.3) is 0 Å². The summed E-state index contributed by atoms with van der Waals surface area (Å²) in [5, 5.41) is 0. The highest BCUT2D eigenvalue weighted by molar-refractivity contribution is 5.87. The molecule has 2 saturated carbocycles. The fraction of sp³-hybridized carbons (Fsp3) is 0.727. The zero-order valence-electron chi connectivity index (χ0n) is 16.6. The lowest BCUT2D eigenvalue weighted by Gasteiger charge is -2.53. The van der Waals surface area contributed by atoms with E-state index in [-0.39, 0.29) is 23.6 Å². The van der Waals surface area contributed by atoms with Crippen LogP contribution in [0.5, 0.6) is 0 Å². The van der Waals surface area contributed by atoms with Gasteiger partial charge in [0.05, 0.1) is 11.7 Å². The van der Waals surface area contributed by atoms with Crippen molar-refractivity contribution in [2.75, 3.05) is 6.61 Å². The monoisotopic (exact) mass is 360 g/mol. The molecule has 0 spiro atoms. The highest BCUT2D eigenvalue weighted by Gasteiger charge is 2.58. The normalized spacial score (nSPS) is 39.5. The van der Waals surface area contributed by atoms with Crippen molar-refractivity contribution < 1.29 is 19.1 Å². The molecule has 26 heavy (non-hydrogen) atoms. The number of fused-ring (bicyclic) bond motifs is 2. The molecule has 5 unspecified atom stereocenters. The number of rotatable bonds is 5. The molecule has 1 saturated heterocycles. The minimum absolute atomic E-state index is 0.0231. The lowest BCUT2D eigenvalue weighted by molar-refractivity contribution is -0.142. The molecule has 4 heteroatoms. The van der Waals surface area contributed by atoms with Crippen LogP contribution in [0.2, 0.25) is 0 Å². The SMILES string of the molecule is C=C1CCC2OC2(C)CCC2C1CC2(C)C(=O)CC=C(C)COC(C)=O. The third-order valence-electron chi connectivity index (χ3n) is 6.96. The Labute approximate surface area is 157 Å². The van der Waals surface area contributed by atoms with Crippen LogP contribution in [0, 0.1) is 17.3 Å². The number of Topliss-reactive ketones (excluding diaryl/α,β-unsaturated/α-hetero) is 1. The van der Waals surface area contributed by atoms with Crippen LogP contribution in [0.3, 0.4) is 0 Å². The summed E-state index contributed by atoms with van der Waals surface area (Å²) in [5.41, 5.74) is 1.99. The van der Waals surface area contributed by atoms with Crippen LogP contribution in [0.15, 0.2) is 23.8 Å². The summed E-state index contributed by atoms with van der Waals surface area (Å²) < 4.78 is 10.9. The van der Waals surface area contributed by atoms with Gasteiger partial charge in [-0.2, -0.15) is 0 Å². The zero-order chi connectivity index (χ0) is 19.1. The molecular formula is C22H32O4. The largest absolute Gasteiger partial charge is 0.461 e. The molecule has 3 rings (SSSR count). The highest BCUT2D eigenvalue weighted by Crippen LogP contribution is 2.60. The maximum absolute atomic E-state index is 13.0. The smallest absolute Gasteiger partial charge is 0.302 e. The molecule has 144 valence electrons. The van der Waals surface area contributed by atoms with Crippen molar-refractivity contribution in [3.8, 4) is 0 Å². The Morgan fingerprint density at radius 1 is 1.31 bits per heavy atom. The molecule has 0 bridgehead atoms. The van der Waals surface area contributed by atoms with Gasteiger partial charge in [-0.15, -0.1) is 0 Å². The van der Waals surface area contributed by atoms with Crippen LogP contribution in [-0.2, 0) is 19.1 Å². The molecule has 1 heterocycles. The molecule has 0 amide bonds. The van der Waals surface area contributed by atoms with E-state index in [1.54, 1.807) is 0 Å². The van der Waals surface area contributed by atoms with Crippen LogP contribution in [0.4, 0.5) is 0 Å². The van der Waals surface area contributed by atoms with Gasteiger partial charge in [-0.25, -0.2) is 0 Å². The summed E-state index contributed by atoms with van der Waals surface area (Å²) in [7, 11) is 0. The van der Waals surface area contributed by atoms with E-state index >= 15 is 0 Å². The average molecular weight is 360 g/mol. The Bertz CT molecular complexity index is 649. The van der Waals surface area contributed by atoms with E-state index in [2.05, 4.69) is 20.4 Å². The number of allylic oxidation sites excluding steroid dienone is 2. The first kappa shape index (κ1) is 19.3. The van der Waals surface area contributed by atoms with Crippen molar-refractivity contribution in [3.63, 3.8) is 0 Å². The Hall–Kier alpha value is -1.42. The molecule has 3 fully saturated rings.